The van der Waals surface area contributed by atoms with Gasteiger partial charge in [-0.3, -0.25) is 4.79 Å². The van der Waals surface area contributed by atoms with Gasteiger partial charge in [0.2, 0.25) is 0 Å². The Morgan fingerprint density at radius 2 is 1.87 bits per heavy atom. The molecule has 4 nitrogen and oxygen atoms in total. The molecule has 2 saturated carbocycles. The van der Waals surface area contributed by atoms with Gasteiger partial charge in [-0.25, -0.2) is 0 Å². The van der Waals surface area contributed by atoms with Crippen LogP contribution in [0, 0.1) is 17.3 Å². The first-order valence-electron chi connectivity index (χ1n) is 12.1. The first-order chi connectivity index (χ1) is 15.0. The Balaban J connectivity index is 1.50. The molecule has 1 aliphatic heterocycles. The van der Waals surface area contributed by atoms with Gasteiger partial charge in [0.15, 0.2) is 17.3 Å². The summed E-state index contributed by atoms with van der Waals surface area (Å²) in [5.41, 5.74) is 5.53. The Kier molecular flexibility index (Phi) is 4.57. The minimum absolute atomic E-state index is 0.0464. The highest BCUT2D eigenvalue weighted by Crippen LogP contribution is 2.64. The van der Waals surface area contributed by atoms with Gasteiger partial charge in [0.25, 0.3) is 0 Å². The zero-order valence-corrected chi connectivity index (χ0v) is 18.4. The molecule has 1 heterocycles. The normalized spacial score (nSPS) is 36.8. The van der Waals surface area contributed by atoms with E-state index in [0.29, 0.717) is 31.5 Å². The van der Waals surface area contributed by atoms with Crippen LogP contribution < -0.4 is 9.47 Å². The van der Waals surface area contributed by atoms with Gasteiger partial charge >= 0.3 is 0 Å². The van der Waals surface area contributed by atoms with Crippen molar-refractivity contribution in [3.8, 4) is 11.5 Å². The van der Waals surface area contributed by atoms with E-state index in [0.717, 1.165) is 56.4 Å². The number of allylic oxidation sites excluding steroid dienone is 4. The summed E-state index contributed by atoms with van der Waals surface area (Å²) in [5.74, 6) is 3.29. The number of carbonyl (C=O) groups is 1. The number of aliphatic hydroxyl groups excluding tert-OH is 1. The molecule has 0 radical (unpaired) electrons. The average Bonchev–Trinajstić information content (AvgIpc) is 2.93. The van der Waals surface area contributed by atoms with E-state index in [9.17, 15) is 9.90 Å². The van der Waals surface area contributed by atoms with Crippen LogP contribution in [-0.4, -0.2) is 30.2 Å². The molecule has 0 saturated heterocycles. The molecule has 0 amide bonds. The van der Waals surface area contributed by atoms with Crippen LogP contribution in [0.3, 0.4) is 0 Å². The Labute approximate surface area is 184 Å². The number of benzene rings is 1. The van der Waals surface area contributed by atoms with Crippen LogP contribution in [0.15, 0.2) is 41.0 Å². The molecule has 5 unspecified atom stereocenters. The molecule has 0 aromatic heterocycles. The van der Waals surface area contributed by atoms with E-state index in [2.05, 4.69) is 25.1 Å². The molecule has 4 heteroatoms. The number of hydrogen-bond donors (Lipinski definition) is 1. The molecule has 5 aliphatic rings. The molecule has 164 valence electrons. The maximum atomic E-state index is 12.1. The number of fused-ring (bicyclic) bond motifs is 5. The Bertz CT molecular complexity index is 989. The van der Waals surface area contributed by atoms with Crippen molar-refractivity contribution in [1.29, 1.82) is 0 Å². The minimum Gasteiger partial charge on any atom is -0.490 e. The summed E-state index contributed by atoms with van der Waals surface area (Å²) in [5, 5.41) is 11.0. The second-order valence-electron chi connectivity index (χ2n) is 10.4. The fraction of sp³-hybridized carbons (Fsp3) is 0.593. The van der Waals surface area contributed by atoms with Crippen LogP contribution in [0.25, 0.3) is 0 Å². The van der Waals surface area contributed by atoms with Crippen molar-refractivity contribution >= 4 is 5.78 Å². The zero-order chi connectivity index (χ0) is 21.2. The summed E-state index contributed by atoms with van der Waals surface area (Å²) in [7, 11) is 0. The third kappa shape index (κ3) is 3.01. The van der Waals surface area contributed by atoms with Crippen molar-refractivity contribution in [2.45, 2.75) is 70.3 Å². The monoisotopic (exact) mass is 420 g/mol. The number of carbonyl (C=O) groups excluding carboxylic acids is 1. The molecule has 1 N–H and O–H groups in total. The highest BCUT2D eigenvalue weighted by Gasteiger charge is 2.56. The van der Waals surface area contributed by atoms with Crippen molar-refractivity contribution < 1.29 is 19.4 Å². The van der Waals surface area contributed by atoms with Crippen LogP contribution in [0.4, 0.5) is 0 Å². The number of ether oxygens (including phenoxy) is 2. The molecule has 6 rings (SSSR count). The van der Waals surface area contributed by atoms with Crippen molar-refractivity contribution in [2.24, 2.45) is 17.3 Å². The molecule has 1 aromatic rings. The van der Waals surface area contributed by atoms with Crippen LogP contribution in [0.1, 0.15) is 69.8 Å². The highest BCUT2D eigenvalue weighted by atomic mass is 16.5. The number of aliphatic hydroxyl groups is 1. The lowest BCUT2D eigenvalue weighted by Gasteiger charge is -2.52. The first-order valence-corrected chi connectivity index (χ1v) is 12.1. The third-order valence-electron chi connectivity index (χ3n) is 8.86. The molecule has 0 spiro atoms. The third-order valence-corrected chi connectivity index (χ3v) is 8.86. The number of rotatable bonds is 1. The predicted molar refractivity (Wildman–Crippen MR) is 118 cm³/mol. The van der Waals surface area contributed by atoms with Gasteiger partial charge < -0.3 is 14.6 Å². The van der Waals surface area contributed by atoms with E-state index >= 15 is 0 Å². The van der Waals surface area contributed by atoms with Gasteiger partial charge in [-0.1, -0.05) is 18.6 Å². The molecular formula is C27H32O4. The Morgan fingerprint density at radius 1 is 1.03 bits per heavy atom. The number of hydrogen-bond acceptors (Lipinski definition) is 4. The second kappa shape index (κ2) is 7.23. The molecule has 31 heavy (non-hydrogen) atoms. The molecule has 5 atom stereocenters. The van der Waals surface area contributed by atoms with Gasteiger partial charge in [0.1, 0.15) is 0 Å². The van der Waals surface area contributed by atoms with Crippen LogP contribution in [-0.2, 0) is 4.79 Å². The van der Waals surface area contributed by atoms with Crippen molar-refractivity contribution in [1.82, 2.24) is 0 Å². The smallest absolute Gasteiger partial charge is 0.161 e. The average molecular weight is 421 g/mol. The predicted octanol–water partition coefficient (Wildman–Crippen LogP) is 5.11. The largest absolute Gasteiger partial charge is 0.490 e. The lowest BCUT2D eigenvalue weighted by atomic mass is 9.53. The summed E-state index contributed by atoms with van der Waals surface area (Å²) in [6, 6.07) is 6.46. The second-order valence-corrected chi connectivity index (χ2v) is 10.4. The van der Waals surface area contributed by atoms with Gasteiger partial charge in [-0.05, 0) is 90.7 Å². The van der Waals surface area contributed by atoms with Crippen LogP contribution in [0.2, 0.25) is 0 Å². The topological polar surface area (TPSA) is 55.8 Å². The highest BCUT2D eigenvalue weighted by molar-refractivity contribution is 5.93. The minimum atomic E-state index is -0.225. The summed E-state index contributed by atoms with van der Waals surface area (Å²) >= 11 is 0. The Hall–Kier alpha value is -2.07. The van der Waals surface area contributed by atoms with E-state index < -0.39 is 0 Å². The van der Waals surface area contributed by atoms with Crippen molar-refractivity contribution in [3.05, 3.63) is 46.6 Å². The SMILES string of the molecule is CC12CC(c3ccc4c(c3)OCCCO4)C3=C4CCC(=O)C=C4CCC3C1CCC2O. The molecule has 2 fully saturated rings. The van der Waals surface area contributed by atoms with Gasteiger partial charge in [-0.15, -0.1) is 0 Å². The van der Waals surface area contributed by atoms with E-state index in [1.165, 1.54) is 16.7 Å². The van der Waals surface area contributed by atoms with E-state index in [1.807, 2.05) is 6.08 Å². The molecule has 4 aliphatic carbocycles. The standard InChI is InChI=1S/C27H32O4/c1-27-15-21(17-4-9-23-24(14-17)31-12-2-11-30-23)26-19-7-5-18(28)13-16(19)3-6-20(26)22(27)8-10-25(27)29/h4,9,13-14,20-22,25,29H,2-3,5-8,10-12,15H2,1H3. The maximum Gasteiger partial charge on any atom is 0.161 e. The van der Waals surface area contributed by atoms with Crippen molar-refractivity contribution in [3.63, 3.8) is 0 Å². The van der Waals surface area contributed by atoms with Crippen molar-refractivity contribution in [2.75, 3.05) is 13.2 Å². The lowest BCUT2D eigenvalue weighted by molar-refractivity contribution is -0.114. The quantitative estimate of drug-likeness (QED) is 0.686. The van der Waals surface area contributed by atoms with Gasteiger partial charge in [0, 0.05) is 18.8 Å². The fourth-order valence-corrected chi connectivity index (χ4v) is 7.33. The first kappa shape index (κ1) is 19.6. The number of ketones is 1. The fourth-order valence-electron chi connectivity index (χ4n) is 7.33. The zero-order valence-electron chi connectivity index (χ0n) is 18.4. The molecular weight excluding hydrogens is 388 g/mol. The lowest BCUT2D eigenvalue weighted by Crippen LogP contribution is -2.45. The molecule has 0 bridgehead atoms. The van der Waals surface area contributed by atoms with E-state index in [4.69, 9.17) is 9.47 Å². The molecule has 1 aromatic carbocycles. The van der Waals surface area contributed by atoms with Crippen LogP contribution >= 0.6 is 0 Å². The van der Waals surface area contributed by atoms with E-state index in [-0.39, 0.29) is 23.2 Å². The summed E-state index contributed by atoms with van der Waals surface area (Å²) in [6.45, 7) is 3.70. The Morgan fingerprint density at radius 3 is 2.74 bits per heavy atom. The van der Waals surface area contributed by atoms with Crippen LogP contribution in [0.5, 0.6) is 11.5 Å². The summed E-state index contributed by atoms with van der Waals surface area (Å²) in [4.78, 5) is 12.1. The van der Waals surface area contributed by atoms with E-state index in [1.54, 1.807) is 5.57 Å². The van der Waals surface area contributed by atoms with Gasteiger partial charge in [0.05, 0.1) is 19.3 Å². The maximum absolute atomic E-state index is 12.1. The summed E-state index contributed by atoms with van der Waals surface area (Å²) in [6.07, 6.45) is 9.21. The van der Waals surface area contributed by atoms with Gasteiger partial charge in [-0.2, -0.15) is 0 Å². The summed E-state index contributed by atoms with van der Waals surface area (Å²) < 4.78 is 11.9.